The molecule has 0 aliphatic heterocycles. The molecule has 3 aromatic heterocycles. The number of carbonyl (C=O) groups is 1. The number of thiazole rings is 1. The van der Waals surface area contributed by atoms with Crippen molar-refractivity contribution >= 4 is 33.3 Å². The van der Waals surface area contributed by atoms with Crippen LogP contribution in [0, 0.1) is 13.8 Å². The minimum atomic E-state index is -0.202. The SMILES string of the molecule is Cc1ccc2nc(-c3ccncc3)cc(C(=O)Nc3nc(-c4ccccc4)c(C)s3)c2c1. The Hall–Kier alpha value is -3.90. The Morgan fingerprint density at radius 3 is 2.44 bits per heavy atom. The molecule has 3 heterocycles. The first-order valence-corrected chi connectivity index (χ1v) is 11.1. The summed E-state index contributed by atoms with van der Waals surface area (Å²) in [4.78, 5) is 28.0. The van der Waals surface area contributed by atoms with Crippen molar-refractivity contribution in [1.82, 2.24) is 15.0 Å². The molecule has 32 heavy (non-hydrogen) atoms. The Morgan fingerprint density at radius 2 is 1.66 bits per heavy atom. The Bertz CT molecular complexity index is 1430. The molecule has 0 saturated carbocycles. The maximum absolute atomic E-state index is 13.4. The number of benzene rings is 2. The number of nitrogens with zero attached hydrogens (tertiary/aromatic N) is 3. The number of aromatic nitrogens is 3. The number of nitrogens with one attached hydrogen (secondary N) is 1. The van der Waals surface area contributed by atoms with Crippen molar-refractivity contribution in [3.8, 4) is 22.5 Å². The molecule has 0 fully saturated rings. The van der Waals surface area contributed by atoms with Gasteiger partial charge >= 0.3 is 0 Å². The van der Waals surface area contributed by atoms with Crippen LogP contribution in [0.5, 0.6) is 0 Å². The van der Waals surface area contributed by atoms with E-state index < -0.39 is 0 Å². The summed E-state index contributed by atoms with van der Waals surface area (Å²) in [6, 6.07) is 21.6. The lowest BCUT2D eigenvalue weighted by Crippen LogP contribution is -2.13. The molecule has 5 nitrogen and oxygen atoms in total. The number of rotatable bonds is 4. The highest BCUT2D eigenvalue weighted by atomic mass is 32.1. The zero-order valence-electron chi connectivity index (χ0n) is 17.7. The molecule has 2 aromatic carbocycles. The molecule has 0 aliphatic rings. The quantitative estimate of drug-likeness (QED) is 0.359. The molecule has 0 bridgehead atoms. The molecule has 0 atom stereocenters. The highest BCUT2D eigenvalue weighted by molar-refractivity contribution is 7.16. The first-order chi connectivity index (χ1) is 15.6. The second-order valence-electron chi connectivity index (χ2n) is 7.56. The Balaban J connectivity index is 1.55. The molecule has 0 saturated heterocycles. The van der Waals surface area contributed by atoms with Gasteiger partial charge in [-0.2, -0.15) is 0 Å². The van der Waals surface area contributed by atoms with Crippen LogP contribution in [-0.2, 0) is 0 Å². The number of pyridine rings is 2. The summed E-state index contributed by atoms with van der Waals surface area (Å²) in [5, 5.41) is 4.40. The zero-order valence-corrected chi connectivity index (χ0v) is 18.5. The predicted molar refractivity (Wildman–Crippen MR) is 130 cm³/mol. The molecule has 156 valence electrons. The van der Waals surface area contributed by atoms with Crippen molar-refractivity contribution < 1.29 is 4.79 Å². The van der Waals surface area contributed by atoms with Gasteiger partial charge in [0.15, 0.2) is 5.13 Å². The van der Waals surface area contributed by atoms with Gasteiger partial charge in [-0.3, -0.25) is 15.1 Å². The maximum atomic E-state index is 13.4. The first-order valence-electron chi connectivity index (χ1n) is 10.2. The molecular weight excluding hydrogens is 416 g/mol. The van der Waals surface area contributed by atoms with Crippen molar-refractivity contribution in [3.63, 3.8) is 0 Å². The summed E-state index contributed by atoms with van der Waals surface area (Å²) in [5.41, 5.74) is 5.98. The molecule has 6 heteroatoms. The van der Waals surface area contributed by atoms with Crippen molar-refractivity contribution in [3.05, 3.63) is 95.1 Å². The third-order valence-electron chi connectivity index (χ3n) is 5.25. The minimum Gasteiger partial charge on any atom is -0.298 e. The van der Waals surface area contributed by atoms with E-state index in [9.17, 15) is 4.79 Å². The van der Waals surface area contributed by atoms with Crippen LogP contribution in [0.15, 0.2) is 79.1 Å². The van der Waals surface area contributed by atoms with Crippen LogP contribution in [0.25, 0.3) is 33.4 Å². The van der Waals surface area contributed by atoms with E-state index in [0.717, 1.165) is 43.9 Å². The topological polar surface area (TPSA) is 67.8 Å². The van der Waals surface area contributed by atoms with Crippen LogP contribution in [0.2, 0.25) is 0 Å². The van der Waals surface area contributed by atoms with Crippen molar-refractivity contribution in [2.45, 2.75) is 13.8 Å². The molecule has 1 N–H and O–H groups in total. The lowest BCUT2D eigenvalue weighted by molar-refractivity contribution is 0.102. The van der Waals surface area contributed by atoms with Crippen LogP contribution < -0.4 is 5.32 Å². The van der Waals surface area contributed by atoms with Gasteiger partial charge in [0.2, 0.25) is 0 Å². The molecule has 0 aliphatic carbocycles. The molecule has 1 amide bonds. The van der Waals surface area contributed by atoms with Crippen molar-refractivity contribution in [1.29, 1.82) is 0 Å². The van der Waals surface area contributed by atoms with E-state index in [1.165, 1.54) is 11.3 Å². The lowest BCUT2D eigenvalue weighted by atomic mass is 10.0. The normalized spacial score (nSPS) is 10.9. The van der Waals surface area contributed by atoms with Gasteiger partial charge < -0.3 is 0 Å². The first kappa shape index (κ1) is 20.0. The molecule has 5 rings (SSSR count). The fourth-order valence-corrected chi connectivity index (χ4v) is 4.51. The summed E-state index contributed by atoms with van der Waals surface area (Å²) >= 11 is 1.47. The Morgan fingerprint density at radius 1 is 0.875 bits per heavy atom. The average Bonchev–Trinajstić information content (AvgIpc) is 3.19. The largest absolute Gasteiger partial charge is 0.298 e. The van der Waals surface area contributed by atoms with E-state index in [1.54, 1.807) is 12.4 Å². The van der Waals surface area contributed by atoms with Crippen molar-refractivity contribution in [2.75, 3.05) is 5.32 Å². The fraction of sp³-hybridized carbons (Fsp3) is 0.0769. The summed E-state index contributed by atoms with van der Waals surface area (Å²) < 4.78 is 0. The number of anilines is 1. The molecule has 0 unspecified atom stereocenters. The van der Waals surface area contributed by atoms with Crippen LogP contribution in [0.4, 0.5) is 5.13 Å². The van der Waals surface area contributed by atoms with Gasteiger partial charge in [-0.25, -0.2) is 9.97 Å². The van der Waals surface area contributed by atoms with Gasteiger partial charge in [0, 0.05) is 33.8 Å². The van der Waals surface area contributed by atoms with Gasteiger partial charge in [-0.15, -0.1) is 11.3 Å². The highest BCUT2D eigenvalue weighted by Gasteiger charge is 2.17. The van der Waals surface area contributed by atoms with Gasteiger partial charge in [0.25, 0.3) is 5.91 Å². The number of carbonyl (C=O) groups excluding carboxylic acids is 1. The van der Waals surface area contributed by atoms with E-state index in [0.29, 0.717) is 10.7 Å². The zero-order chi connectivity index (χ0) is 22.1. The maximum Gasteiger partial charge on any atom is 0.258 e. The number of hydrogen-bond acceptors (Lipinski definition) is 5. The third-order valence-corrected chi connectivity index (χ3v) is 6.14. The summed E-state index contributed by atoms with van der Waals surface area (Å²) in [6.07, 6.45) is 3.44. The second kappa shape index (κ2) is 8.32. The van der Waals surface area contributed by atoms with Crippen molar-refractivity contribution in [2.24, 2.45) is 0 Å². The standard InChI is InChI=1S/C26H20N4OS/c1-16-8-9-22-20(14-16)21(15-23(28-22)18-10-12-27-13-11-18)25(31)30-26-29-24(17(2)32-26)19-6-4-3-5-7-19/h3-15H,1-2H3,(H,29,30,31). The highest BCUT2D eigenvalue weighted by Crippen LogP contribution is 2.31. The van der Waals surface area contributed by atoms with Crippen LogP contribution in [0.3, 0.4) is 0 Å². The smallest absolute Gasteiger partial charge is 0.258 e. The van der Waals surface area contributed by atoms with E-state index in [1.807, 2.05) is 80.6 Å². The second-order valence-corrected chi connectivity index (χ2v) is 8.76. The predicted octanol–water partition coefficient (Wildman–Crippen LogP) is 6.29. The van der Waals surface area contributed by atoms with E-state index in [4.69, 9.17) is 4.98 Å². The fourth-order valence-electron chi connectivity index (χ4n) is 3.68. The van der Waals surface area contributed by atoms with Gasteiger partial charge in [-0.05, 0) is 44.2 Å². The number of hydrogen-bond donors (Lipinski definition) is 1. The molecule has 0 radical (unpaired) electrons. The van der Waals surface area contributed by atoms with Crippen LogP contribution in [-0.4, -0.2) is 20.9 Å². The van der Waals surface area contributed by atoms with Crippen LogP contribution >= 0.6 is 11.3 Å². The van der Waals surface area contributed by atoms with Gasteiger partial charge in [-0.1, -0.05) is 42.0 Å². The Labute approximate surface area is 189 Å². The molecule has 0 spiro atoms. The lowest BCUT2D eigenvalue weighted by Gasteiger charge is -2.10. The van der Waals surface area contributed by atoms with Gasteiger partial charge in [0.05, 0.1) is 22.5 Å². The molecule has 5 aromatic rings. The summed E-state index contributed by atoms with van der Waals surface area (Å²) in [5.74, 6) is -0.202. The minimum absolute atomic E-state index is 0.202. The summed E-state index contributed by atoms with van der Waals surface area (Å²) in [6.45, 7) is 4.02. The Kier molecular flexibility index (Phi) is 5.21. The van der Waals surface area contributed by atoms with Crippen LogP contribution in [0.1, 0.15) is 20.8 Å². The summed E-state index contributed by atoms with van der Waals surface area (Å²) in [7, 11) is 0. The molecular formula is C26H20N4OS. The van der Waals surface area contributed by atoms with Gasteiger partial charge in [0.1, 0.15) is 0 Å². The third kappa shape index (κ3) is 3.88. The number of amides is 1. The average molecular weight is 437 g/mol. The monoisotopic (exact) mass is 436 g/mol. The number of aryl methyl sites for hydroxylation is 2. The van der Waals surface area contributed by atoms with E-state index >= 15 is 0 Å². The number of fused-ring (bicyclic) bond motifs is 1. The van der Waals surface area contributed by atoms with E-state index in [2.05, 4.69) is 15.3 Å². The van der Waals surface area contributed by atoms with E-state index in [-0.39, 0.29) is 5.91 Å².